The lowest BCUT2D eigenvalue weighted by Gasteiger charge is -2.05. The molecular weight excluding hydrogens is 288 g/mol. The molecule has 0 aliphatic carbocycles. The molecule has 120 valence electrons. The molecule has 0 saturated heterocycles. The van der Waals surface area contributed by atoms with Crippen LogP contribution in [0.1, 0.15) is 64.2 Å². The Morgan fingerprint density at radius 2 is 0.955 bits per heavy atom. The average Bonchev–Trinajstić information content (AvgIpc) is 2.79. The van der Waals surface area contributed by atoms with Gasteiger partial charge in [0.25, 0.3) is 0 Å². The van der Waals surface area contributed by atoms with E-state index >= 15 is 0 Å². The number of fused-ring (bicyclic) bond motifs is 5. The minimum atomic E-state index is 1.02. The van der Waals surface area contributed by atoms with Gasteiger partial charge in [-0.3, -0.25) is 0 Å². The fourth-order valence-corrected chi connectivity index (χ4v) is 4.04. The molecule has 1 aromatic carbocycles. The number of imidazole rings is 1. The van der Waals surface area contributed by atoms with E-state index in [1.54, 1.807) is 0 Å². The summed E-state index contributed by atoms with van der Waals surface area (Å²) in [6, 6.07) is 8.72. The third kappa shape index (κ3) is 3.62. The Kier molecular flexibility index (Phi) is 5.71. The van der Waals surface area contributed by atoms with Crippen LogP contribution in [0.3, 0.4) is 0 Å². The van der Waals surface area contributed by atoms with Crippen LogP contribution in [0.15, 0.2) is 24.3 Å². The van der Waals surface area contributed by atoms with E-state index in [1.807, 2.05) is 0 Å². The molecule has 3 heteroatoms. The van der Waals surface area contributed by atoms with Crippen LogP contribution in [0.2, 0.25) is 0 Å². The molecule has 3 rings (SSSR count). The zero-order chi connectivity index (χ0) is 15.2. The van der Waals surface area contributed by atoms with Crippen molar-refractivity contribution in [2.24, 2.45) is 0 Å². The van der Waals surface area contributed by atoms with Gasteiger partial charge in [-0.15, -0.1) is 0 Å². The van der Waals surface area contributed by atoms with Gasteiger partial charge >= 0.3 is 0 Å². The molecule has 2 nitrogen and oxygen atoms in total. The largest absolute Gasteiger partial charge is 0.317 e. The van der Waals surface area contributed by atoms with E-state index < -0.39 is 0 Å². The van der Waals surface area contributed by atoms with Crippen LogP contribution in [0.5, 0.6) is 0 Å². The molecule has 0 spiro atoms. The molecule has 1 aromatic heterocycles. The highest BCUT2D eigenvalue weighted by Gasteiger charge is 2.09. The van der Waals surface area contributed by atoms with Gasteiger partial charge in [-0.1, -0.05) is 63.5 Å². The van der Waals surface area contributed by atoms with E-state index in [1.165, 1.54) is 75.2 Å². The average molecular weight is 317 g/mol. The number of aryl methyl sites for hydroxylation is 2. The van der Waals surface area contributed by atoms with Crippen molar-refractivity contribution in [1.29, 1.82) is 0 Å². The molecule has 0 radical (unpaired) electrons. The molecule has 0 amide bonds. The van der Waals surface area contributed by atoms with Gasteiger partial charge in [-0.2, -0.15) is 0 Å². The molecule has 2 aromatic rings. The van der Waals surface area contributed by atoms with Gasteiger partial charge in [0, 0.05) is 13.1 Å². The number of nitrogens with zero attached hydrogens (tertiary/aromatic N) is 2. The molecule has 0 N–H and O–H groups in total. The number of benzene rings is 1. The summed E-state index contributed by atoms with van der Waals surface area (Å²) in [4.78, 5) is 0. The summed E-state index contributed by atoms with van der Waals surface area (Å²) >= 11 is 5.79. The van der Waals surface area contributed by atoms with E-state index in [0.717, 1.165) is 17.9 Å². The normalized spacial score (nSPS) is 18.7. The van der Waals surface area contributed by atoms with Crippen molar-refractivity contribution in [1.82, 2.24) is 9.13 Å². The van der Waals surface area contributed by atoms with Gasteiger partial charge < -0.3 is 9.13 Å². The second-order valence-corrected chi connectivity index (χ2v) is 6.98. The van der Waals surface area contributed by atoms with Crippen molar-refractivity contribution in [2.75, 3.05) is 0 Å². The SMILES string of the molecule is S=c1n2c3ccccc3n1CCCCCCCCCCCC2. The highest BCUT2D eigenvalue weighted by Crippen LogP contribution is 2.21. The van der Waals surface area contributed by atoms with Crippen molar-refractivity contribution >= 4 is 23.3 Å². The Morgan fingerprint density at radius 1 is 0.591 bits per heavy atom. The molecule has 2 bridgehead atoms. The second kappa shape index (κ2) is 7.96. The fraction of sp³-hybridized carbons (Fsp3) is 0.632. The fourth-order valence-electron chi connectivity index (χ4n) is 3.66. The maximum Gasteiger partial charge on any atom is 0.180 e. The zero-order valence-corrected chi connectivity index (χ0v) is 14.4. The molecule has 22 heavy (non-hydrogen) atoms. The molecule has 0 atom stereocenters. The van der Waals surface area contributed by atoms with Crippen molar-refractivity contribution < 1.29 is 0 Å². The van der Waals surface area contributed by atoms with Crippen LogP contribution >= 0.6 is 12.2 Å². The first kappa shape index (κ1) is 15.8. The smallest absolute Gasteiger partial charge is 0.180 e. The summed E-state index contributed by atoms with van der Waals surface area (Å²) in [7, 11) is 0. The van der Waals surface area contributed by atoms with E-state index in [9.17, 15) is 0 Å². The van der Waals surface area contributed by atoms with Crippen molar-refractivity contribution in [3.63, 3.8) is 0 Å². The Hall–Kier alpha value is -1.09. The Morgan fingerprint density at radius 3 is 1.36 bits per heavy atom. The molecule has 0 unspecified atom stereocenters. The third-order valence-corrected chi connectivity index (χ3v) is 5.38. The Bertz CT molecular complexity index is 599. The maximum atomic E-state index is 5.79. The van der Waals surface area contributed by atoms with Crippen molar-refractivity contribution in [3.05, 3.63) is 29.0 Å². The minimum Gasteiger partial charge on any atom is -0.317 e. The van der Waals surface area contributed by atoms with Crippen molar-refractivity contribution in [3.8, 4) is 0 Å². The predicted molar refractivity (Wildman–Crippen MR) is 96.9 cm³/mol. The molecule has 1 aliphatic rings. The maximum absolute atomic E-state index is 5.79. The van der Waals surface area contributed by atoms with Gasteiger partial charge in [0.15, 0.2) is 4.77 Å². The lowest BCUT2D eigenvalue weighted by atomic mass is 10.1. The first-order valence-corrected chi connectivity index (χ1v) is 9.47. The van der Waals surface area contributed by atoms with Gasteiger partial charge in [0.2, 0.25) is 0 Å². The molecule has 1 aliphatic heterocycles. The quantitative estimate of drug-likeness (QED) is 0.535. The van der Waals surface area contributed by atoms with Crippen molar-refractivity contribution in [2.45, 2.75) is 77.3 Å². The van der Waals surface area contributed by atoms with Crippen LogP contribution in [-0.4, -0.2) is 9.13 Å². The van der Waals surface area contributed by atoms with Crippen LogP contribution in [-0.2, 0) is 13.1 Å². The highest BCUT2D eigenvalue weighted by atomic mass is 32.1. The number of aromatic nitrogens is 2. The molecule has 2 heterocycles. The predicted octanol–water partition coefficient (Wildman–Crippen LogP) is 6.09. The zero-order valence-electron chi connectivity index (χ0n) is 13.6. The topological polar surface area (TPSA) is 9.86 Å². The van der Waals surface area contributed by atoms with Crippen LogP contribution in [0.25, 0.3) is 11.0 Å². The number of para-hydroxylation sites is 2. The first-order chi connectivity index (χ1) is 10.9. The molecular formula is C19H28N2S. The summed E-state index contributed by atoms with van der Waals surface area (Å²) in [6.07, 6.45) is 13.6. The second-order valence-electron chi connectivity index (χ2n) is 6.61. The lowest BCUT2D eigenvalue weighted by Crippen LogP contribution is -2.02. The Balaban J connectivity index is 1.86. The minimum absolute atomic E-state index is 1.02. The summed E-state index contributed by atoms with van der Waals surface area (Å²) in [5.74, 6) is 0. The van der Waals surface area contributed by atoms with Crippen LogP contribution in [0, 0.1) is 4.77 Å². The van der Waals surface area contributed by atoms with Gasteiger partial charge in [-0.25, -0.2) is 0 Å². The standard InChI is InChI=1S/C19H28N2S/c22-19-20-15-11-7-5-3-1-2-4-6-8-12-16-21(19)18-14-10-9-13-17(18)20/h9-10,13-14H,1-8,11-12,15-16H2. The van der Waals surface area contributed by atoms with Gasteiger partial charge in [-0.05, 0) is 37.2 Å². The number of rotatable bonds is 0. The summed E-state index contributed by atoms with van der Waals surface area (Å²) < 4.78 is 5.75. The lowest BCUT2D eigenvalue weighted by molar-refractivity contribution is 0.536. The molecule has 0 saturated carbocycles. The van der Waals surface area contributed by atoms with E-state index in [2.05, 4.69) is 33.4 Å². The summed E-state index contributed by atoms with van der Waals surface area (Å²) in [6.45, 7) is 2.15. The van der Waals surface area contributed by atoms with Crippen LogP contribution < -0.4 is 0 Å². The summed E-state index contributed by atoms with van der Waals surface area (Å²) in [5, 5.41) is 0. The molecule has 0 fully saturated rings. The first-order valence-electron chi connectivity index (χ1n) is 9.06. The monoisotopic (exact) mass is 316 g/mol. The third-order valence-electron chi connectivity index (χ3n) is 4.94. The van der Waals surface area contributed by atoms with E-state index in [0.29, 0.717) is 0 Å². The van der Waals surface area contributed by atoms with Crippen LogP contribution in [0.4, 0.5) is 0 Å². The van der Waals surface area contributed by atoms with Gasteiger partial charge in [0.1, 0.15) is 0 Å². The van der Waals surface area contributed by atoms with E-state index in [4.69, 9.17) is 12.2 Å². The Labute approximate surface area is 139 Å². The van der Waals surface area contributed by atoms with E-state index in [-0.39, 0.29) is 0 Å². The number of hydrogen-bond acceptors (Lipinski definition) is 1. The van der Waals surface area contributed by atoms with Gasteiger partial charge in [0.05, 0.1) is 11.0 Å². The summed E-state index contributed by atoms with van der Waals surface area (Å²) in [5.41, 5.74) is 2.64. The number of hydrogen-bond donors (Lipinski definition) is 0. The highest BCUT2D eigenvalue weighted by molar-refractivity contribution is 7.71.